The summed E-state index contributed by atoms with van der Waals surface area (Å²) in [5, 5.41) is 11.1. The largest absolute Gasteiger partial charge is 0.384 e. The third-order valence-electron chi connectivity index (χ3n) is 4.41. The van der Waals surface area contributed by atoms with Gasteiger partial charge in [-0.1, -0.05) is 51.5 Å². The lowest BCUT2D eigenvalue weighted by molar-refractivity contribution is 0.0358. The minimum absolute atomic E-state index is 0.210. The highest BCUT2D eigenvalue weighted by Gasteiger charge is 2.37. The number of hydrogen-bond acceptors (Lipinski definition) is 3. The van der Waals surface area contributed by atoms with Crippen LogP contribution in [0.25, 0.3) is 0 Å². The molecule has 0 saturated carbocycles. The van der Waals surface area contributed by atoms with Gasteiger partial charge in [0.15, 0.2) is 0 Å². The molecule has 0 aliphatic rings. The van der Waals surface area contributed by atoms with Crippen molar-refractivity contribution in [1.82, 2.24) is 4.72 Å². The fourth-order valence-electron chi connectivity index (χ4n) is 2.74. The van der Waals surface area contributed by atoms with Crippen LogP contribution in [0.5, 0.6) is 0 Å². The quantitative estimate of drug-likeness (QED) is 0.613. The Balaban J connectivity index is 3.12. The predicted octanol–water partition coefficient (Wildman–Crippen LogP) is 4.04. The summed E-state index contributed by atoms with van der Waals surface area (Å²) in [5.41, 5.74) is -0.274. The molecule has 0 amide bonds. The molecule has 25 heavy (non-hydrogen) atoms. The van der Waals surface area contributed by atoms with E-state index in [0.29, 0.717) is 18.8 Å². The lowest BCUT2D eigenvalue weighted by atomic mass is 9.83. The summed E-state index contributed by atoms with van der Waals surface area (Å²) in [6.07, 6.45) is 3.29. The Labute approximate surface area is 153 Å². The van der Waals surface area contributed by atoms with E-state index in [4.69, 9.17) is 0 Å². The second-order valence-electron chi connectivity index (χ2n) is 7.74. The number of benzene rings is 1. The van der Waals surface area contributed by atoms with Crippen LogP contribution in [0.1, 0.15) is 52.5 Å². The Hall–Kier alpha value is -1.17. The molecule has 1 aromatic rings. The van der Waals surface area contributed by atoms with Crippen LogP contribution in [0, 0.1) is 18.8 Å². The van der Waals surface area contributed by atoms with Crippen LogP contribution in [-0.2, 0) is 10.0 Å². The van der Waals surface area contributed by atoms with Gasteiger partial charge in [-0.25, -0.2) is 13.1 Å². The fraction of sp³-hybridized carbons (Fsp3) is 0.600. The highest BCUT2D eigenvalue weighted by atomic mass is 32.2. The Morgan fingerprint density at radius 2 is 1.72 bits per heavy atom. The zero-order valence-electron chi connectivity index (χ0n) is 16.1. The SMILES string of the molecule is C=CC(O)(CCC(C)C)[C@H](CC(C)C)NS(=O)(=O)c1ccc(C)cc1. The van der Waals surface area contributed by atoms with Crippen molar-refractivity contribution >= 4 is 10.0 Å². The monoisotopic (exact) mass is 367 g/mol. The fourth-order valence-corrected chi connectivity index (χ4v) is 4.04. The molecule has 0 saturated heterocycles. The predicted molar refractivity (Wildman–Crippen MR) is 104 cm³/mol. The lowest BCUT2D eigenvalue weighted by Crippen LogP contribution is -2.52. The molecule has 5 heteroatoms. The van der Waals surface area contributed by atoms with Crippen LogP contribution < -0.4 is 4.72 Å². The maximum Gasteiger partial charge on any atom is 0.240 e. The number of sulfonamides is 1. The van der Waals surface area contributed by atoms with Crippen molar-refractivity contribution in [2.75, 3.05) is 0 Å². The van der Waals surface area contributed by atoms with Crippen LogP contribution in [0.2, 0.25) is 0 Å². The van der Waals surface area contributed by atoms with Crippen molar-refractivity contribution in [3.8, 4) is 0 Å². The number of aliphatic hydroxyl groups is 1. The maximum absolute atomic E-state index is 12.8. The van der Waals surface area contributed by atoms with Crippen molar-refractivity contribution in [3.05, 3.63) is 42.5 Å². The summed E-state index contributed by atoms with van der Waals surface area (Å²) in [6.45, 7) is 13.9. The van der Waals surface area contributed by atoms with E-state index in [-0.39, 0.29) is 10.8 Å². The summed E-state index contributed by atoms with van der Waals surface area (Å²) < 4.78 is 28.3. The summed E-state index contributed by atoms with van der Waals surface area (Å²) in [4.78, 5) is 0.210. The van der Waals surface area contributed by atoms with Gasteiger partial charge < -0.3 is 5.11 Å². The van der Waals surface area contributed by atoms with Crippen LogP contribution >= 0.6 is 0 Å². The van der Waals surface area contributed by atoms with E-state index in [2.05, 4.69) is 25.1 Å². The molecule has 2 atom stereocenters. The molecule has 0 radical (unpaired) electrons. The first-order valence-corrected chi connectivity index (χ1v) is 10.4. The minimum atomic E-state index is -3.71. The van der Waals surface area contributed by atoms with Crippen molar-refractivity contribution in [2.24, 2.45) is 11.8 Å². The second-order valence-corrected chi connectivity index (χ2v) is 9.46. The molecule has 0 spiro atoms. The topological polar surface area (TPSA) is 66.4 Å². The van der Waals surface area contributed by atoms with Gasteiger partial charge in [-0.05, 0) is 50.2 Å². The van der Waals surface area contributed by atoms with Crippen molar-refractivity contribution < 1.29 is 13.5 Å². The van der Waals surface area contributed by atoms with E-state index >= 15 is 0 Å². The molecule has 0 aromatic heterocycles. The molecule has 2 N–H and O–H groups in total. The molecule has 0 bridgehead atoms. The highest BCUT2D eigenvalue weighted by Crippen LogP contribution is 2.27. The van der Waals surface area contributed by atoms with Gasteiger partial charge in [0.05, 0.1) is 16.5 Å². The average Bonchev–Trinajstić information content (AvgIpc) is 2.51. The van der Waals surface area contributed by atoms with Crippen molar-refractivity contribution in [3.63, 3.8) is 0 Å². The van der Waals surface area contributed by atoms with E-state index in [1.54, 1.807) is 24.3 Å². The second kappa shape index (κ2) is 8.97. The van der Waals surface area contributed by atoms with Crippen molar-refractivity contribution in [1.29, 1.82) is 0 Å². The molecule has 1 aromatic carbocycles. The van der Waals surface area contributed by atoms with Crippen LogP contribution in [-0.4, -0.2) is 25.2 Å². The molecular formula is C20H33NO3S. The lowest BCUT2D eigenvalue weighted by Gasteiger charge is -2.35. The number of nitrogens with one attached hydrogen (secondary N) is 1. The van der Waals surface area contributed by atoms with Gasteiger partial charge in [-0.15, -0.1) is 6.58 Å². The van der Waals surface area contributed by atoms with Gasteiger partial charge >= 0.3 is 0 Å². The van der Waals surface area contributed by atoms with Gasteiger partial charge in [0.25, 0.3) is 0 Å². The van der Waals surface area contributed by atoms with E-state index in [1.165, 1.54) is 6.08 Å². The standard InChI is InChI=1S/C20H33NO3S/c1-7-20(22,13-12-15(2)3)19(14-16(4)5)21-25(23,24)18-10-8-17(6)9-11-18/h7-11,15-16,19,21-22H,1,12-14H2,2-6H3/t19-,20?/m0/s1. The number of hydrogen-bond donors (Lipinski definition) is 2. The minimum Gasteiger partial charge on any atom is -0.384 e. The Kier molecular flexibility index (Phi) is 7.85. The summed E-state index contributed by atoms with van der Waals surface area (Å²) >= 11 is 0. The van der Waals surface area contributed by atoms with Crippen LogP contribution in [0.15, 0.2) is 41.8 Å². The molecule has 0 fully saturated rings. The molecular weight excluding hydrogens is 334 g/mol. The van der Waals surface area contributed by atoms with Gasteiger partial charge in [0, 0.05) is 0 Å². The first-order valence-electron chi connectivity index (χ1n) is 8.95. The van der Waals surface area contributed by atoms with Crippen LogP contribution in [0.4, 0.5) is 0 Å². The van der Waals surface area contributed by atoms with Gasteiger partial charge in [0.2, 0.25) is 10.0 Å². The molecule has 1 unspecified atom stereocenters. The molecule has 4 nitrogen and oxygen atoms in total. The van der Waals surface area contributed by atoms with E-state index in [1.807, 2.05) is 20.8 Å². The van der Waals surface area contributed by atoms with E-state index < -0.39 is 21.7 Å². The Bertz CT molecular complexity index is 650. The van der Waals surface area contributed by atoms with Crippen molar-refractivity contribution in [2.45, 2.75) is 70.4 Å². The molecule has 0 aliphatic heterocycles. The van der Waals surface area contributed by atoms with Gasteiger partial charge in [-0.2, -0.15) is 0 Å². The number of rotatable bonds is 10. The molecule has 142 valence electrons. The van der Waals surface area contributed by atoms with Gasteiger partial charge in [0.1, 0.15) is 0 Å². The average molecular weight is 368 g/mol. The van der Waals surface area contributed by atoms with E-state index in [9.17, 15) is 13.5 Å². The zero-order valence-corrected chi connectivity index (χ0v) is 16.9. The molecule has 0 aliphatic carbocycles. The maximum atomic E-state index is 12.8. The first-order chi connectivity index (χ1) is 11.5. The van der Waals surface area contributed by atoms with E-state index in [0.717, 1.165) is 12.0 Å². The third-order valence-corrected chi connectivity index (χ3v) is 5.90. The Morgan fingerprint density at radius 1 is 1.16 bits per heavy atom. The summed E-state index contributed by atoms with van der Waals surface area (Å²) in [7, 11) is -3.71. The normalized spacial score (nSPS) is 16.0. The zero-order chi connectivity index (χ0) is 19.3. The van der Waals surface area contributed by atoms with Crippen LogP contribution in [0.3, 0.4) is 0 Å². The van der Waals surface area contributed by atoms with Gasteiger partial charge in [-0.3, -0.25) is 0 Å². The molecule has 0 heterocycles. The highest BCUT2D eigenvalue weighted by molar-refractivity contribution is 7.89. The smallest absolute Gasteiger partial charge is 0.240 e. The first kappa shape index (κ1) is 21.9. The number of aryl methyl sites for hydroxylation is 1. The third kappa shape index (κ3) is 6.57. The summed E-state index contributed by atoms with van der Waals surface area (Å²) in [5.74, 6) is 0.649. The Morgan fingerprint density at radius 3 is 2.16 bits per heavy atom. The summed E-state index contributed by atoms with van der Waals surface area (Å²) in [6, 6.07) is 6.10. The molecule has 1 rings (SSSR count).